The number of aromatic nitrogens is 1. The zero-order valence-electron chi connectivity index (χ0n) is 14.0. The molecule has 1 N–H and O–H groups in total. The van der Waals surface area contributed by atoms with Crippen LogP contribution in [0.3, 0.4) is 0 Å². The summed E-state index contributed by atoms with van der Waals surface area (Å²) in [7, 11) is 0. The van der Waals surface area contributed by atoms with Crippen LogP contribution in [0, 0.1) is 5.92 Å². The molecule has 0 aromatic carbocycles. The van der Waals surface area contributed by atoms with Crippen LogP contribution in [0.2, 0.25) is 10.0 Å². The van der Waals surface area contributed by atoms with Gasteiger partial charge in [-0.3, -0.25) is 9.78 Å². The van der Waals surface area contributed by atoms with Crippen LogP contribution in [0.5, 0.6) is 0 Å². The Balaban J connectivity index is 1.63. The van der Waals surface area contributed by atoms with Gasteiger partial charge in [-0.1, -0.05) is 23.2 Å². The summed E-state index contributed by atoms with van der Waals surface area (Å²) in [5.74, 6) is -0.207. The van der Waals surface area contributed by atoms with Gasteiger partial charge in [-0.05, 0) is 37.5 Å². The third kappa shape index (κ3) is 4.51. The van der Waals surface area contributed by atoms with E-state index in [2.05, 4.69) is 15.2 Å². The lowest BCUT2D eigenvalue weighted by Crippen LogP contribution is -2.32. The number of hydrogen-bond acceptors (Lipinski definition) is 3. The molecule has 4 nitrogen and oxygen atoms in total. The smallest absolute Gasteiger partial charge is 0.227 e. The molecule has 3 rings (SSSR count). The Morgan fingerprint density at radius 2 is 1.96 bits per heavy atom. The van der Waals surface area contributed by atoms with Crippen LogP contribution in [0.4, 0.5) is 10.1 Å². The van der Waals surface area contributed by atoms with Crippen molar-refractivity contribution in [2.75, 3.05) is 18.0 Å². The number of nitrogens with zero attached hydrogens (tertiary/aromatic N) is 2. The van der Waals surface area contributed by atoms with Crippen molar-refractivity contribution in [1.29, 1.82) is 0 Å². The fraction of sp³-hybridized carbons (Fsp3) is 0.444. The maximum atomic E-state index is 13.4. The van der Waals surface area contributed by atoms with E-state index in [0.29, 0.717) is 28.7 Å². The summed E-state index contributed by atoms with van der Waals surface area (Å²) in [6.45, 7) is 1.43. The molecule has 2 heterocycles. The molecular formula is C18H19Cl3FN3O. The average molecular weight is 419 g/mol. The molecular weight excluding hydrogens is 400 g/mol. The second-order valence-electron chi connectivity index (χ2n) is 6.43. The van der Waals surface area contributed by atoms with Gasteiger partial charge in [0.1, 0.15) is 6.17 Å². The van der Waals surface area contributed by atoms with Crippen molar-refractivity contribution in [3.8, 4) is 0 Å². The van der Waals surface area contributed by atoms with Crippen molar-refractivity contribution >= 4 is 46.4 Å². The number of hydrogen-bond donors (Lipinski definition) is 1. The van der Waals surface area contributed by atoms with E-state index in [4.69, 9.17) is 34.8 Å². The minimum atomic E-state index is -1.22. The minimum Gasteiger partial charge on any atom is -0.369 e. The largest absolute Gasteiger partial charge is 0.369 e. The van der Waals surface area contributed by atoms with Gasteiger partial charge >= 0.3 is 0 Å². The maximum absolute atomic E-state index is 13.4. The molecule has 1 aliphatic heterocycles. The number of carbonyl (C=O) groups is 1. The molecule has 140 valence electrons. The van der Waals surface area contributed by atoms with Gasteiger partial charge in [0, 0.05) is 37.1 Å². The molecule has 1 saturated heterocycles. The molecule has 1 aliphatic carbocycles. The zero-order chi connectivity index (χ0) is 18.7. The van der Waals surface area contributed by atoms with E-state index < -0.39 is 11.5 Å². The van der Waals surface area contributed by atoms with E-state index in [-0.39, 0.29) is 11.8 Å². The standard InChI is InChI=1S/C18H19Cl3FN3O/c19-13-8-12(3-4-16(13)22)24-18(26)11-2-1-6-25(7-5-11)17-14(20)9-23-10-15(17)21/h3-4,8-11,13,16H,1-2,5-7H2,(H,24,26). The Bertz CT molecular complexity index is 720. The highest BCUT2D eigenvalue weighted by Crippen LogP contribution is 2.34. The second-order valence-corrected chi connectivity index (χ2v) is 7.74. The summed E-state index contributed by atoms with van der Waals surface area (Å²) in [5, 5.41) is 3.11. The number of rotatable bonds is 3. The van der Waals surface area contributed by atoms with Gasteiger partial charge in [-0.25, -0.2) is 4.39 Å². The molecule has 8 heteroatoms. The van der Waals surface area contributed by atoms with Crippen LogP contribution in [0.15, 0.2) is 36.3 Å². The topological polar surface area (TPSA) is 45.2 Å². The third-order valence-electron chi connectivity index (χ3n) is 4.61. The fourth-order valence-electron chi connectivity index (χ4n) is 3.24. The minimum absolute atomic E-state index is 0.0733. The molecule has 1 amide bonds. The summed E-state index contributed by atoms with van der Waals surface area (Å²) < 4.78 is 13.4. The zero-order valence-corrected chi connectivity index (χ0v) is 16.2. The van der Waals surface area contributed by atoms with Crippen molar-refractivity contribution in [3.63, 3.8) is 0 Å². The van der Waals surface area contributed by atoms with Gasteiger partial charge in [0.15, 0.2) is 0 Å². The normalized spacial score (nSPS) is 26.2. The SMILES string of the molecule is O=C(NC1=CC(Cl)C(F)C=C1)C1CCCN(c2c(Cl)cncc2Cl)CC1. The number of alkyl halides is 2. The lowest BCUT2D eigenvalue weighted by molar-refractivity contribution is -0.124. The van der Waals surface area contributed by atoms with Gasteiger partial charge in [-0.15, -0.1) is 11.6 Å². The first-order valence-corrected chi connectivity index (χ1v) is 9.68. The van der Waals surface area contributed by atoms with E-state index in [9.17, 15) is 9.18 Å². The summed E-state index contributed by atoms with van der Waals surface area (Å²) >= 11 is 18.4. The Hall–Kier alpha value is -1.30. The van der Waals surface area contributed by atoms with E-state index in [1.54, 1.807) is 18.5 Å². The molecule has 26 heavy (non-hydrogen) atoms. The summed E-state index contributed by atoms with van der Waals surface area (Å²) in [6.07, 6.45) is 8.63. The molecule has 1 aromatic heterocycles. The van der Waals surface area contributed by atoms with Crippen molar-refractivity contribution in [3.05, 3.63) is 46.4 Å². The number of anilines is 1. The first-order valence-electron chi connectivity index (χ1n) is 8.48. The van der Waals surface area contributed by atoms with Gasteiger partial charge in [-0.2, -0.15) is 0 Å². The van der Waals surface area contributed by atoms with Crippen molar-refractivity contribution in [2.24, 2.45) is 5.92 Å². The molecule has 0 radical (unpaired) electrons. The Labute approximate surface area is 167 Å². The highest BCUT2D eigenvalue weighted by molar-refractivity contribution is 6.38. The molecule has 1 aromatic rings. The highest BCUT2D eigenvalue weighted by atomic mass is 35.5. The predicted molar refractivity (Wildman–Crippen MR) is 104 cm³/mol. The summed E-state index contributed by atoms with van der Waals surface area (Å²) in [6, 6.07) is 0. The van der Waals surface area contributed by atoms with E-state index in [1.165, 1.54) is 12.2 Å². The van der Waals surface area contributed by atoms with E-state index in [1.807, 2.05) is 0 Å². The molecule has 0 saturated carbocycles. The molecule has 1 fully saturated rings. The molecule has 3 unspecified atom stereocenters. The lowest BCUT2D eigenvalue weighted by atomic mass is 9.99. The van der Waals surface area contributed by atoms with E-state index in [0.717, 1.165) is 25.1 Å². The van der Waals surface area contributed by atoms with Crippen molar-refractivity contribution in [1.82, 2.24) is 10.3 Å². The maximum Gasteiger partial charge on any atom is 0.227 e. The number of allylic oxidation sites excluding steroid dienone is 3. The molecule has 2 aliphatic rings. The van der Waals surface area contributed by atoms with Crippen LogP contribution in [-0.2, 0) is 4.79 Å². The van der Waals surface area contributed by atoms with Crippen molar-refractivity contribution < 1.29 is 9.18 Å². The van der Waals surface area contributed by atoms with Crippen LogP contribution >= 0.6 is 34.8 Å². The second kappa shape index (κ2) is 8.59. The number of halogens is 4. The Morgan fingerprint density at radius 3 is 2.65 bits per heavy atom. The first-order chi connectivity index (χ1) is 12.5. The highest BCUT2D eigenvalue weighted by Gasteiger charge is 2.26. The predicted octanol–water partition coefficient (Wildman–Crippen LogP) is 4.51. The van der Waals surface area contributed by atoms with Crippen LogP contribution in [0.25, 0.3) is 0 Å². The molecule has 0 spiro atoms. The van der Waals surface area contributed by atoms with Crippen LogP contribution in [-0.4, -0.2) is 35.5 Å². The molecule has 3 atom stereocenters. The van der Waals surface area contributed by atoms with Crippen LogP contribution < -0.4 is 10.2 Å². The number of amides is 1. The number of pyridine rings is 1. The van der Waals surface area contributed by atoms with Crippen molar-refractivity contribution in [2.45, 2.75) is 30.8 Å². The van der Waals surface area contributed by atoms with Gasteiger partial charge in [0.05, 0.1) is 21.1 Å². The molecule has 0 bridgehead atoms. The average Bonchev–Trinajstić information content (AvgIpc) is 2.84. The quantitative estimate of drug-likeness (QED) is 0.735. The van der Waals surface area contributed by atoms with Gasteiger partial charge in [0.25, 0.3) is 0 Å². The monoisotopic (exact) mass is 417 g/mol. The van der Waals surface area contributed by atoms with Gasteiger partial charge in [0.2, 0.25) is 5.91 Å². The Morgan fingerprint density at radius 1 is 1.23 bits per heavy atom. The first kappa shape index (κ1) is 19.5. The number of carbonyl (C=O) groups excluding carboxylic acids is 1. The Kier molecular flexibility index (Phi) is 6.43. The summed E-state index contributed by atoms with van der Waals surface area (Å²) in [5.41, 5.74) is 1.31. The van der Waals surface area contributed by atoms with Crippen LogP contribution in [0.1, 0.15) is 19.3 Å². The van der Waals surface area contributed by atoms with E-state index >= 15 is 0 Å². The fourth-order valence-corrected chi connectivity index (χ4v) is 4.06. The lowest BCUT2D eigenvalue weighted by Gasteiger charge is -2.24. The third-order valence-corrected chi connectivity index (χ3v) is 5.53. The summed E-state index contributed by atoms with van der Waals surface area (Å²) in [4.78, 5) is 18.7. The number of nitrogens with one attached hydrogen (secondary N) is 1. The van der Waals surface area contributed by atoms with Gasteiger partial charge < -0.3 is 10.2 Å².